The molecule has 1 N–H and O–H groups in total. The second-order valence-corrected chi connectivity index (χ2v) is 4.50. The summed E-state index contributed by atoms with van der Waals surface area (Å²) in [7, 11) is 0. The van der Waals surface area contributed by atoms with Gasteiger partial charge in [0.15, 0.2) is 0 Å². The van der Waals surface area contributed by atoms with E-state index in [0.717, 1.165) is 25.3 Å². The molecule has 0 bridgehead atoms. The van der Waals surface area contributed by atoms with Crippen molar-refractivity contribution in [2.45, 2.75) is 39.0 Å². The van der Waals surface area contributed by atoms with Gasteiger partial charge in [0.1, 0.15) is 11.3 Å². The molecule has 6 heteroatoms. The van der Waals surface area contributed by atoms with Crippen LogP contribution >= 0.6 is 0 Å². The fraction of sp³-hybridized carbons (Fsp3) is 0.500. The number of carbonyl (C=O) groups is 1. The summed E-state index contributed by atoms with van der Waals surface area (Å²) < 4.78 is 5.41. The molecule has 20 heavy (non-hydrogen) atoms. The van der Waals surface area contributed by atoms with Crippen LogP contribution in [0.4, 0.5) is 5.69 Å². The molecular formula is C14H19NO5. The monoisotopic (exact) mass is 281 g/mol. The summed E-state index contributed by atoms with van der Waals surface area (Å²) in [6.45, 7) is 2.62. The number of rotatable bonds is 9. The van der Waals surface area contributed by atoms with Crippen molar-refractivity contribution < 1.29 is 19.6 Å². The molecule has 0 aliphatic carbocycles. The molecule has 0 radical (unpaired) electrons. The first-order valence-corrected chi connectivity index (χ1v) is 6.70. The van der Waals surface area contributed by atoms with Gasteiger partial charge in [-0.15, -0.1) is 0 Å². The predicted molar refractivity (Wildman–Crippen MR) is 74.3 cm³/mol. The molecule has 0 aromatic heterocycles. The number of ether oxygens (including phenoxy) is 1. The lowest BCUT2D eigenvalue weighted by Crippen LogP contribution is -2.04. The standard InChI is InChI=1S/C14H19NO5/c1-2-3-4-5-6-9-20-11-7-8-12(14(16)17)13(10-11)15(18)19/h7-8,10H,2-6,9H2,1H3,(H,16,17). The Kier molecular flexibility index (Phi) is 6.49. The van der Waals surface area contributed by atoms with Crippen molar-refractivity contribution in [2.24, 2.45) is 0 Å². The number of benzene rings is 1. The molecular weight excluding hydrogens is 262 g/mol. The SMILES string of the molecule is CCCCCCCOc1ccc(C(=O)O)c([N+](=O)[O-])c1. The average molecular weight is 281 g/mol. The second kappa shape index (κ2) is 8.14. The fourth-order valence-electron chi connectivity index (χ4n) is 1.83. The van der Waals surface area contributed by atoms with Crippen LogP contribution in [0.1, 0.15) is 49.4 Å². The number of unbranched alkanes of at least 4 members (excludes halogenated alkanes) is 4. The number of nitrogens with zero attached hydrogens (tertiary/aromatic N) is 1. The highest BCUT2D eigenvalue weighted by atomic mass is 16.6. The minimum absolute atomic E-state index is 0.328. The van der Waals surface area contributed by atoms with Crippen molar-refractivity contribution >= 4 is 11.7 Å². The van der Waals surface area contributed by atoms with E-state index in [9.17, 15) is 14.9 Å². The number of carboxylic acids is 1. The molecule has 0 saturated carbocycles. The Hall–Kier alpha value is -2.11. The van der Waals surface area contributed by atoms with Gasteiger partial charge in [-0.1, -0.05) is 32.6 Å². The Morgan fingerprint density at radius 1 is 1.30 bits per heavy atom. The molecule has 1 aromatic carbocycles. The van der Waals surface area contributed by atoms with Gasteiger partial charge in [-0.25, -0.2) is 4.79 Å². The van der Waals surface area contributed by atoms with E-state index in [1.165, 1.54) is 25.0 Å². The highest BCUT2D eigenvalue weighted by Gasteiger charge is 2.20. The second-order valence-electron chi connectivity index (χ2n) is 4.50. The Morgan fingerprint density at radius 2 is 2.00 bits per heavy atom. The zero-order chi connectivity index (χ0) is 15.0. The van der Waals surface area contributed by atoms with Gasteiger partial charge in [0.2, 0.25) is 0 Å². The summed E-state index contributed by atoms with van der Waals surface area (Å²) in [6, 6.07) is 3.81. The van der Waals surface area contributed by atoms with E-state index < -0.39 is 16.6 Å². The Balaban J connectivity index is 2.57. The van der Waals surface area contributed by atoms with E-state index in [4.69, 9.17) is 9.84 Å². The van der Waals surface area contributed by atoms with Gasteiger partial charge < -0.3 is 9.84 Å². The van der Waals surface area contributed by atoms with Crippen LogP contribution in [0.5, 0.6) is 5.75 Å². The van der Waals surface area contributed by atoms with Gasteiger partial charge in [0, 0.05) is 0 Å². The first-order chi connectivity index (χ1) is 9.56. The van der Waals surface area contributed by atoms with E-state index in [1.807, 2.05) is 0 Å². The summed E-state index contributed by atoms with van der Waals surface area (Å²) in [5, 5.41) is 19.7. The summed E-state index contributed by atoms with van der Waals surface area (Å²) in [4.78, 5) is 21.0. The summed E-state index contributed by atoms with van der Waals surface area (Å²) in [6.07, 6.45) is 5.46. The smallest absolute Gasteiger partial charge is 0.342 e. The first-order valence-electron chi connectivity index (χ1n) is 6.70. The Morgan fingerprint density at radius 3 is 2.60 bits per heavy atom. The molecule has 1 aromatic rings. The highest BCUT2D eigenvalue weighted by Crippen LogP contribution is 2.25. The van der Waals surface area contributed by atoms with E-state index in [-0.39, 0.29) is 5.56 Å². The van der Waals surface area contributed by atoms with Crippen LogP contribution < -0.4 is 4.74 Å². The lowest BCUT2D eigenvalue weighted by Gasteiger charge is -2.06. The third-order valence-corrected chi connectivity index (χ3v) is 2.91. The van der Waals surface area contributed by atoms with Gasteiger partial charge in [-0.3, -0.25) is 10.1 Å². The number of carboxylic acid groups (broad SMARTS) is 1. The molecule has 0 fully saturated rings. The van der Waals surface area contributed by atoms with Crippen LogP contribution in [0.25, 0.3) is 0 Å². The topological polar surface area (TPSA) is 89.7 Å². The number of hydrogen-bond acceptors (Lipinski definition) is 4. The summed E-state index contributed by atoms with van der Waals surface area (Å²) >= 11 is 0. The highest BCUT2D eigenvalue weighted by molar-refractivity contribution is 5.92. The quantitative estimate of drug-likeness (QED) is 0.424. The number of nitro groups is 1. The van der Waals surface area contributed by atoms with Crippen molar-refractivity contribution in [1.82, 2.24) is 0 Å². The molecule has 110 valence electrons. The third kappa shape index (κ3) is 4.87. The molecule has 6 nitrogen and oxygen atoms in total. The van der Waals surface area contributed by atoms with Crippen LogP contribution in [0.15, 0.2) is 18.2 Å². The summed E-state index contributed by atoms with van der Waals surface area (Å²) in [5.74, 6) is -0.986. The maximum atomic E-state index is 10.9. The molecule has 0 atom stereocenters. The average Bonchev–Trinajstić information content (AvgIpc) is 2.42. The van der Waals surface area contributed by atoms with Crippen molar-refractivity contribution in [3.8, 4) is 5.75 Å². The lowest BCUT2D eigenvalue weighted by molar-refractivity contribution is -0.385. The molecule has 0 aliphatic heterocycles. The number of hydrogen-bond donors (Lipinski definition) is 1. The molecule has 0 heterocycles. The molecule has 0 amide bonds. The maximum absolute atomic E-state index is 10.9. The van der Waals surface area contributed by atoms with Crippen LogP contribution in [0, 0.1) is 10.1 Å². The van der Waals surface area contributed by atoms with Crippen LogP contribution in [0.3, 0.4) is 0 Å². The predicted octanol–water partition coefficient (Wildman–Crippen LogP) is 3.64. The minimum Gasteiger partial charge on any atom is -0.493 e. The molecule has 1 rings (SSSR count). The molecule has 0 aliphatic rings. The third-order valence-electron chi connectivity index (χ3n) is 2.91. The zero-order valence-electron chi connectivity index (χ0n) is 11.5. The normalized spacial score (nSPS) is 10.2. The van der Waals surface area contributed by atoms with Crippen molar-refractivity contribution in [2.75, 3.05) is 6.61 Å². The number of nitro benzene ring substituents is 1. The van der Waals surface area contributed by atoms with E-state index in [1.54, 1.807) is 0 Å². The van der Waals surface area contributed by atoms with Crippen LogP contribution in [-0.4, -0.2) is 22.6 Å². The first kappa shape index (κ1) is 15.9. The van der Waals surface area contributed by atoms with E-state index >= 15 is 0 Å². The maximum Gasteiger partial charge on any atom is 0.342 e. The zero-order valence-corrected chi connectivity index (χ0v) is 11.5. The largest absolute Gasteiger partial charge is 0.493 e. The summed E-state index contributed by atoms with van der Waals surface area (Å²) in [5.41, 5.74) is -0.772. The van der Waals surface area contributed by atoms with Gasteiger partial charge in [0.25, 0.3) is 5.69 Å². The van der Waals surface area contributed by atoms with Crippen LogP contribution in [0.2, 0.25) is 0 Å². The van der Waals surface area contributed by atoms with E-state index in [0.29, 0.717) is 12.4 Å². The van der Waals surface area contributed by atoms with E-state index in [2.05, 4.69) is 6.92 Å². The van der Waals surface area contributed by atoms with Crippen LogP contribution in [-0.2, 0) is 0 Å². The van der Waals surface area contributed by atoms with Crippen molar-refractivity contribution in [3.63, 3.8) is 0 Å². The lowest BCUT2D eigenvalue weighted by atomic mass is 10.1. The molecule has 0 spiro atoms. The van der Waals surface area contributed by atoms with Gasteiger partial charge in [0.05, 0.1) is 17.6 Å². The van der Waals surface area contributed by atoms with Crippen molar-refractivity contribution in [3.05, 3.63) is 33.9 Å². The fourth-order valence-corrected chi connectivity index (χ4v) is 1.83. The van der Waals surface area contributed by atoms with Gasteiger partial charge in [-0.2, -0.15) is 0 Å². The Labute approximate surface area is 117 Å². The van der Waals surface area contributed by atoms with Gasteiger partial charge >= 0.3 is 5.97 Å². The molecule has 0 saturated heterocycles. The minimum atomic E-state index is -1.32. The van der Waals surface area contributed by atoms with Crippen molar-refractivity contribution in [1.29, 1.82) is 0 Å². The van der Waals surface area contributed by atoms with Gasteiger partial charge in [-0.05, 0) is 18.6 Å². The Bertz CT molecular complexity index is 473. The molecule has 0 unspecified atom stereocenters. The number of aromatic carboxylic acids is 1.